The highest BCUT2D eigenvalue weighted by Crippen LogP contribution is 2.46. The summed E-state index contributed by atoms with van der Waals surface area (Å²) in [4.78, 5) is 11.6. The van der Waals surface area contributed by atoms with Gasteiger partial charge in [-0.15, -0.1) is 0 Å². The normalized spacial score (nSPS) is 22.0. The molecule has 1 N–H and O–H groups in total. The summed E-state index contributed by atoms with van der Waals surface area (Å²) < 4.78 is 1.84. The number of rotatable bonds is 8. The van der Waals surface area contributed by atoms with Crippen molar-refractivity contribution in [2.45, 2.75) is 44.1 Å². The Balaban J connectivity index is 1.25. The summed E-state index contributed by atoms with van der Waals surface area (Å²) in [6, 6.07) is 14.9. The van der Waals surface area contributed by atoms with Crippen molar-refractivity contribution in [3.05, 3.63) is 54.5 Å². The lowest BCUT2D eigenvalue weighted by atomic mass is 9.67. The molecule has 0 amide bonds. The minimum absolute atomic E-state index is 0.0116. The van der Waals surface area contributed by atoms with Gasteiger partial charge in [-0.3, -0.25) is 4.68 Å². The Bertz CT molecular complexity index is 1200. The van der Waals surface area contributed by atoms with Crippen LogP contribution in [-0.4, -0.2) is 44.3 Å². The maximum Gasteiger partial charge on any atom is 0.227 e. The molecule has 1 saturated carbocycles. The Kier molecular flexibility index (Phi) is 6.24. The van der Waals surface area contributed by atoms with Crippen LogP contribution in [0.3, 0.4) is 0 Å². The highest BCUT2D eigenvalue weighted by Gasteiger charge is 2.46. The molecule has 1 aliphatic heterocycles. The van der Waals surface area contributed by atoms with Gasteiger partial charge in [-0.05, 0) is 69.0 Å². The topological polar surface area (TPSA) is 106 Å². The first kappa shape index (κ1) is 22.1. The molecule has 3 heterocycles. The summed E-state index contributed by atoms with van der Waals surface area (Å²) in [5, 5.41) is 26.3. The first-order valence-corrected chi connectivity index (χ1v) is 11.9. The van der Waals surface area contributed by atoms with E-state index in [4.69, 9.17) is 5.26 Å². The van der Waals surface area contributed by atoms with Crippen molar-refractivity contribution < 1.29 is 0 Å². The second-order valence-corrected chi connectivity index (χ2v) is 9.35. The average molecular weight is 453 g/mol. The Morgan fingerprint density at radius 2 is 1.88 bits per heavy atom. The summed E-state index contributed by atoms with van der Waals surface area (Å²) in [6.07, 6.45) is 10.8. The Labute approximate surface area is 199 Å². The molecular formula is C26H28N8. The van der Waals surface area contributed by atoms with Crippen LogP contribution in [-0.2, 0) is 12.0 Å². The van der Waals surface area contributed by atoms with Gasteiger partial charge in [0.1, 0.15) is 0 Å². The van der Waals surface area contributed by atoms with Crippen LogP contribution in [0, 0.1) is 28.6 Å². The lowest BCUT2D eigenvalue weighted by molar-refractivity contribution is 0.0882. The fourth-order valence-electron chi connectivity index (χ4n) is 4.98. The predicted molar refractivity (Wildman–Crippen MR) is 129 cm³/mol. The molecule has 172 valence electrons. The Hall–Kier alpha value is -3.75. The average Bonchev–Trinajstić information content (AvgIpc) is 3.54. The maximum atomic E-state index is 9.28. The van der Waals surface area contributed by atoms with Gasteiger partial charge in [0.05, 0.1) is 41.9 Å². The van der Waals surface area contributed by atoms with Crippen LogP contribution >= 0.6 is 0 Å². The molecule has 2 aliphatic rings. The van der Waals surface area contributed by atoms with E-state index < -0.39 is 5.54 Å². The van der Waals surface area contributed by atoms with E-state index in [1.165, 1.54) is 31.5 Å². The van der Waals surface area contributed by atoms with E-state index in [2.05, 4.69) is 61.7 Å². The fraction of sp³-hybridized carbons (Fsp3) is 0.423. The van der Waals surface area contributed by atoms with Gasteiger partial charge >= 0.3 is 0 Å². The lowest BCUT2D eigenvalue weighted by Gasteiger charge is -2.43. The minimum atomic E-state index is -0.391. The number of hydrogen-bond acceptors (Lipinski definition) is 7. The van der Waals surface area contributed by atoms with Gasteiger partial charge in [-0.25, -0.2) is 9.97 Å². The van der Waals surface area contributed by atoms with E-state index in [-0.39, 0.29) is 5.92 Å². The van der Waals surface area contributed by atoms with Crippen molar-refractivity contribution in [1.29, 1.82) is 10.5 Å². The van der Waals surface area contributed by atoms with E-state index in [1.54, 1.807) is 12.4 Å². The molecule has 1 saturated heterocycles. The second kappa shape index (κ2) is 9.62. The van der Waals surface area contributed by atoms with Crippen LogP contribution in [0.1, 0.15) is 37.7 Å². The Morgan fingerprint density at radius 1 is 1.09 bits per heavy atom. The van der Waals surface area contributed by atoms with Crippen LogP contribution < -0.4 is 5.32 Å². The SMILES string of the molecule is N#CCC1(n2cc(-c3ccnc(Nc4ccc(CCN5CCCC5)cc4)n3)cn2)CC(C#N)C1. The number of nitriles is 2. The van der Waals surface area contributed by atoms with Crippen LogP contribution in [0.2, 0.25) is 0 Å². The molecule has 2 fully saturated rings. The summed E-state index contributed by atoms with van der Waals surface area (Å²) in [6.45, 7) is 3.58. The monoisotopic (exact) mass is 452 g/mol. The number of anilines is 2. The Morgan fingerprint density at radius 3 is 2.62 bits per heavy atom. The molecule has 0 spiro atoms. The maximum absolute atomic E-state index is 9.28. The van der Waals surface area contributed by atoms with E-state index in [9.17, 15) is 5.26 Å². The van der Waals surface area contributed by atoms with E-state index >= 15 is 0 Å². The van der Waals surface area contributed by atoms with Crippen LogP contribution in [0.5, 0.6) is 0 Å². The molecule has 5 rings (SSSR count). The third kappa shape index (κ3) is 4.64. The van der Waals surface area contributed by atoms with Crippen molar-refractivity contribution in [3.8, 4) is 23.4 Å². The standard InChI is InChI=1S/C26H28N8/c27-10-9-26(15-21(16-26)17-28)34-19-22(18-30-34)24-7-11-29-25(32-24)31-23-5-3-20(4-6-23)8-14-33-12-1-2-13-33/h3-7,11,18-19,21H,1-2,8-9,12-16H2,(H,29,31,32). The molecule has 0 unspecified atom stereocenters. The molecule has 3 aromatic rings. The molecule has 0 atom stereocenters. The summed E-state index contributed by atoms with van der Waals surface area (Å²) >= 11 is 0. The summed E-state index contributed by atoms with van der Waals surface area (Å²) in [5.74, 6) is 0.512. The zero-order chi connectivity index (χ0) is 23.4. The smallest absolute Gasteiger partial charge is 0.227 e. The van der Waals surface area contributed by atoms with Crippen molar-refractivity contribution in [2.75, 3.05) is 25.0 Å². The van der Waals surface area contributed by atoms with Crippen LogP contribution in [0.4, 0.5) is 11.6 Å². The first-order valence-electron chi connectivity index (χ1n) is 11.9. The quantitative estimate of drug-likeness (QED) is 0.544. The molecule has 0 bridgehead atoms. The fourth-order valence-corrected chi connectivity index (χ4v) is 4.98. The van der Waals surface area contributed by atoms with E-state index in [1.807, 2.05) is 16.9 Å². The third-order valence-corrected chi connectivity index (χ3v) is 6.99. The second-order valence-electron chi connectivity index (χ2n) is 9.35. The first-order chi connectivity index (χ1) is 16.7. The predicted octanol–water partition coefficient (Wildman–Crippen LogP) is 4.26. The molecule has 2 aromatic heterocycles. The van der Waals surface area contributed by atoms with E-state index in [0.29, 0.717) is 25.2 Å². The number of nitrogens with one attached hydrogen (secondary N) is 1. The van der Waals surface area contributed by atoms with Crippen molar-refractivity contribution in [2.24, 2.45) is 5.92 Å². The van der Waals surface area contributed by atoms with Gasteiger partial charge in [0.15, 0.2) is 0 Å². The zero-order valence-corrected chi connectivity index (χ0v) is 19.2. The number of benzene rings is 1. The number of aromatic nitrogens is 4. The lowest BCUT2D eigenvalue weighted by Crippen LogP contribution is -2.46. The van der Waals surface area contributed by atoms with Gasteiger partial charge in [0, 0.05) is 30.2 Å². The molecule has 8 heteroatoms. The molecule has 0 radical (unpaired) electrons. The largest absolute Gasteiger partial charge is 0.324 e. The molecule has 1 aromatic carbocycles. The molecule has 1 aliphatic carbocycles. The van der Waals surface area contributed by atoms with E-state index in [0.717, 1.165) is 29.9 Å². The third-order valence-electron chi connectivity index (χ3n) is 6.99. The van der Waals surface area contributed by atoms with Crippen LogP contribution in [0.25, 0.3) is 11.3 Å². The minimum Gasteiger partial charge on any atom is -0.324 e. The van der Waals surface area contributed by atoms with Crippen molar-refractivity contribution >= 4 is 11.6 Å². The number of nitrogens with zero attached hydrogens (tertiary/aromatic N) is 7. The summed E-state index contributed by atoms with van der Waals surface area (Å²) in [7, 11) is 0. The zero-order valence-electron chi connectivity index (χ0n) is 19.2. The highest BCUT2D eigenvalue weighted by atomic mass is 15.3. The molecular weight excluding hydrogens is 424 g/mol. The van der Waals surface area contributed by atoms with Gasteiger partial charge in [-0.2, -0.15) is 15.6 Å². The highest BCUT2D eigenvalue weighted by molar-refractivity contribution is 5.60. The number of hydrogen-bond donors (Lipinski definition) is 1. The van der Waals surface area contributed by atoms with Crippen molar-refractivity contribution in [3.63, 3.8) is 0 Å². The van der Waals surface area contributed by atoms with Crippen LogP contribution in [0.15, 0.2) is 48.9 Å². The summed E-state index contributed by atoms with van der Waals surface area (Å²) in [5.41, 5.74) is 3.51. The van der Waals surface area contributed by atoms with Gasteiger partial charge < -0.3 is 10.2 Å². The van der Waals surface area contributed by atoms with Gasteiger partial charge in [0.25, 0.3) is 0 Å². The molecule has 34 heavy (non-hydrogen) atoms. The number of likely N-dealkylation sites (tertiary alicyclic amines) is 1. The van der Waals surface area contributed by atoms with Gasteiger partial charge in [-0.1, -0.05) is 12.1 Å². The molecule has 8 nitrogen and oxygen atoms in total. The van der Waals surface area contributed by atoms with Crippen molar-refractivity contribution in [1.82, 2.24) is 24.6 Å². The van der Waals surface area contributed by atoms with Gasteiger partial charge in [0.2, 0.25) is 5.95 Å².